The second-order valence-electron chi connectivity index (χ2n) is 6.97. The molecule has 2 atom stereocenters. The van der Waals surface area contributed by atoms with Crippen molar-refractivity contribution in [3.8, 4) is 0 Å². The highest BCUT2D eigenvalue weighted by atomic mass is 16.3. The summed E-state index contributed by atoms with van der Waals surface area (Å²) >= 11 is 0. The highest BCUT2D eigenvalue weighted by Gasteiger charge is 2.31. The quantitative estimate of drug-likeness (QED) is 0.753. The van der Waals surface area contributed by atoms with E-state index in [2.05, 4.69) is 40.6 Å². The molecule has 2 aromatic carbocycles. The highest BCUT2D eigenvalue weighted by molar-refractivity contribution is 5.98. The summed E-state index contributed by atoms with van der Waals surface area (Å²) in [5, 5.41) is 15.9. The van der Waals surface area contributed by atoms with Crippen molar-refractivity contribution in [1.82, 2.24) is 10.3 Å². The first-order chi connectivity index (χ1) is 13.2. The minimum Gasteiger partial charge on any atom is -0.391 e. The molecule has 1 saturated heterocycles. The van der Waals surface area contributed by atoms with Gasteiger partial charge in [0, 0.05) is 32.3 Å². The van der Waals surface area contributed by atoms with Crippen molar-refractivity contribution in [3.63, 3.8) is 0 Å². The summed E-state index contributed by atoms with van der Waals surface area (Å²) in [4.78, 5) is 18.5. The van der Waals surface area contributed by atoms with Gasteiger partial charge in [-0.25, -0.2) is 4.98 Å². The van der Waals surface area contributed by atoms with Crippen molar-refractivity contribution in [3.05, 3.63) is 71.9 Å². The average molecular weight is 361 g/mol. The van der Waals surface area contributed by atoms with Crippen molar-refractivity contribution in [1.29, 1.82) is 0 Å². The molecule has 0 spiro atoms. The monoisotopic (exact) mass is 361 g/mol. The maximum atomic E-state index is 12.1. The molecule has 0 aliphatic carbocycles. The molecule has 27 heavy (non-hydrogen) atoms. The van der Waals surface area contributed by atoms with E-state index in [-0.39, 0.29) is 11.8 Å². The first-order valence-corrected chi connectivity index (χ1v) is 9.26. The molecule has 1 aliphatic rings. The predicted molar refractivity (Wildman–Crippen MR) is 107 cm³/mol. The summed E-state index contributed by atoms with van der Waals surface area (Å²) in [5.74, 6) is 0.551. The van der Waals surface area contributed by atoms with E-state index in [0.717, 1.165) is 18.5 Å². The second kappa shape index (κ2) is 7.37. The molecule has 5 nitrogen and oxygen atoms in total. The zero-order valence-corrected chi connectivity index (χ0v) is 15.3. The molecule has 1 aromatic heterocycles. The topological polar surface area (TPSA) is 65.5 Å². The van der Waals surface area contributed by atoms with Gasteiger partial charge in [-0.2, -0.15) is 0 Å². The van der Waals surface area contributed by atoms with Crippen LogP contribution in [-0.2, 0) is 0 Å². The predicted octanol–water partition coefficient (Wildman–Crippen LogP) is 2.95. The van der Waals surface area contributed by atoms with Crippen LogP contribution in [0, 0.1) is 0 Å². The van der Waals surface area contributed by atoms with E-state index in [1.807, 2.05) is 17.0 Å². The lowest BCUT2D eigenvalue weighted by Gasteiger charge is -2.37. The fourth-order valence-electron chi connectivity index (χ4n) is 3.91. The number of carbonyl (C=O) groups excluding carboxylic acids is 1. The maximum Gasteiger partial charge on any atom is 0.254 e. The minimum absolute atomic E-state index is 0.0815. The Bertz CT molecular complexity index is 972. The van der Waals surface area contributed by atoms with Crippen LogP contribution in [0.2, 0.25) is 0 Å². The Morgan fingerprint density at radius 2 is 1.96 bits per heavy atom. The van der Waals surface area contributed by atoms with E-state index >= 15 is 0 Å². The number of nitrogens with zero attached hydrogens (tertiary/aromatic N) is 2. The van der Waals surface area contributed by atoms with E-state index in [9.17, 15) is 9.90 Å². The van der Waals surface area contributed by atoms with Crippen LogP contribution in [-0.4, -0.2) is 42.2 Å². The molecule has 0 bridgehead atoms. The van der Waals surface area contributed by atoms with Crippen molar-refractivity contribution in [2.24, 2.45) is 0 Å². The molecule has 1 aliphatic heterocycles. The van der Waals surface area contributed by atoms with Crippen LogP contribution in [0.4, 0.5) is 5.82 Å². The van der Waals surface area contributed by atoms with Gasteiger partial charge in [-0.05, 0) is 34.9 Å². The number of hydrogen-bond acceptors (Lipinski definition) is 4. The van der Waals surface area contributed by atoms with Gasteiger partial charge < -0.3 is 15.3 Å². The lowest BCUT2D eigenvalue weighted by atomic mass is 9.86. The Hall–Kier alpha value is -2.92. The third-order valence-electron chi connectivity index (χ3n) is 5.34. The number of β-amino-alcohol motifs (C(OH)–C–C–N with tert-alkyl or cyclic N) is 1. The first-order valence-electron chi connectivity index (χ1n) is 9.26. The number of aliphatic hydroxyl groups is 1. The fourth-order valence-corrected chi connectivity index (χ4v) is 3.91. The van der Waals surface area contributed by atoms with Crippen LogP contribution >= 0.6 is 0 Å². The number of piperidine rings is 1. The number of rotatable bonds is 3. The highest BCUT2D eigenvalue weighted by Crippen LogP contribution is 2.32. The number of aliphatic hydroxyl groups excluding tert-OH is 1. The Morgan fingerprint density at radius 1 is 1.15 bits per heavy atom. The third kappa shape index (κ3) is 3.38. The Labute approximate surface area is 158 Å². The van der Waals surface area contributed by atoms with E-state index in [1.54, 1.807) is 25.4 Å². The molecule has 4 rings (SSSR count). The summed E-state index contributed by atoms with van der Waals surface area (Å²) in [7, 11) is 1.61. The van der Waals surface area contributed by atoms with Crippen LogP contribution in [0.25, 0.3) is 10.8 Å². The molecule has 0 radical (unpaired) electrons. The second-order valence-corrected chi connectivity index (χ2v) is 6.97. The average Bonchev–Trinajstić information content (AvgIpc) is 2.72. The summed E-state index contributed by atoms with van der Waals surface area (Å²) < 4.78 is 0. The SMILES string of the molecule is CNC(=O)c1cccnc1N1CC[C@H](c2ccc3ccccc3c2)[C@@H](O)C1. The van der Waals surface area contributed by atoms with Gasteiger partial charge in [0.05, 0.1) is 11.7 Å². The van der Waals surface area contributed by atoms with Crippen molar-refractivity contribution < 1.29 is 9.90 Å². The summed E-state index contributed by atoms with van der Waals surface area (Å²) in [6.45, 7) is 1.20. The van der Waals surface area contributed by atoms with E-state index in [0.29, 0.717) is 17.9 Å². The van der Waals surface area contributed by atoms with Gasteiger partial charge in [-0.15, -0.1) is 0 Å². The zero-order valence-electron chi connectivity index (χ0n) is 15.3. The maximum absolute atomic E-state index is 12.1. The molecule has 0 saturated carbocycles. The number of aromatic nitrogens is 1. The number of hydrogen-bond donors (Lipinski definition) is 2. The normalized spacial score (nSPS) is 19.9. The molecular weight excluding hydrogens is 338 g/mol. The van der Waals surface area contributed by atoms with Crippen LogP contribution in [0.1, 0.15) is 28.3 Å². The standard InChI is InChI=1S/C22H23N3O2/c1-23-22(27)19-7-4-11-24-21(19)25-12-10-18(20(26)14-25)17-9-8-15-5-2-3-6-16(15)13-17/h2-9,11,13,18,20,26H,10,12,14H2,1H3,(H,23,27)/t18-,20+/m1/s1. The lowest BCUT2D eigenvalue weighted by Crippen LogP contribution is -2.44. The Balaban J connectivity index is 1.57. The number of anilines is 1. The number of amides is 1. The summed E-state index contributed by atoms with van der Waals surface area (Å²) in [6, 6.07) is 18.2. The van der Waals surface area contributed by atoms with Gasteiger partial charge in [0.15, 0.2) is 0 Å². The van der Waals surface area contributed by atoms with Crippen molar-refractivity contribution in [2.75, 3.05) is 25.0 Å². The van der Waals surface area contributed by atoms with Crippen LogP contribution < -0.4 is 10.2 Å². The molecule has 5 heteroatoms. The van der Waals surface area contributed by atoms with Gasteiger partial charge in [-0.3, -0.25) is 4.79 Å². The lowest BCUT2D eigenvalue weighted by molar-refractivity contribution is 0.0961. The molecule has 1 amide bonds. The van der Waals surface area contributed by atoms with E-state index < -0.39 is 6.10 Å². The van der Waals surface area contributed by atoms with Crippen molar-refractivity contribution in [2.45, 2.75) is 18.4 Å². The zero-order chi connectivity index (χ0) is 18.8. The molecule has 3 aromatic rings. The largest absolute Gasteiger partial charge is 0.391 e. The van der Waals surface area contributed by atoms with Gasteiger partial charge in [-0.1, -0.05) is 42.5 Å². The third-order valence-corrected chi connectivity index (χ3v) is 5.34. The fraction of sp³-hybridized carbons (Fsp3) is 0.273. The first kappa shape index (κ1) is 17.5. The van der Waals surface area contributed by atoms with Gasteiger partial charge in [0.1, 0.15) is 5.82 Å². The molecule has 138 valence electrons. The van der Waals surface area contributed by atoms with E-state index in [1.165, 1.54) is 10.8 Å². The number of carbonyl (C=O) groups is 1. The number of nitrogens with one attached hydrogen (secondary N) is 1. The van der Waals surface area contributed by atoms with Crippen LogP contribution in [0.15, 0.2) is 60.8 Å². The minimum atomic E-state index is -0.514. The molecule has 0 unspecified atom stereocenters. The van der Waals surface area contributed by atoms with Crippen LogP contribution in [0.3, 0.4) is 0 Å². The van der Waals surface area contributed by atoms with Gasteiger partial charge in [0.2, 0.25) is 0 Å². The molecule has 2 heterocycles. The summed E-state index contributed by atoms with van der Waals surface area (Å²) in [6.07, 6.45) is 1.98. The number of benzene rings is 2. The van der Waals surface area contributed by atoms with Gasteiger partial charge in [0.25, 0.3) is 5.91 Å². The van der Waals surface area contributed by atoms with Crippen LogP contribution in [0.5, 0.6) is 0 Å². The number of pyridine rings is 1. The molecular formula is C22H23N3O2. The molecule has 1 fully saturated rings. The Kier molecular flexibility index (Phi) is 4.77. The van der Waals surface area contributed by atoms with Gasteiger partial charge >= 0.3 is 0 Å². The molecule has 2 N–H and O–H groups in total. The van der Waals surface area contributed by atoms with Crippen molar-refractivity contribution >= 4 is 22.5 Å². The smallest absolute Gasteiger partial charge is 0.254 e. The van der Waals surface area contributed by atoms with E-state index in [4.69, 9.17) is 0 Å². The summed E-state index contributed by atoms with van der Waals surface area (Å²) in [5.41, 5.74) is 1.70. The Morgan fingerprint density at radius 3 is 2.74 bits per heavy atom. The number of fused-ring (bicyclic) bond motifs is 1.